The van der Waals surface area contributed by atoms with E-state index in [-0.39, 0.29) is 5.97 Å². The van der Waals surface area contributed by atoms with Crippen LogP contribution in [0, 0.1) is 0 Å². The lowest BCUT2D eigenvalue weighted by molar-refractivity contribution is -0.140. The SMILES string of the molecule is C=C/C=C/CCCCCCCC(=O)OC. The Bertz CT molecular complexity index is 195. The molecule has 0 radical (unpaired) electrons. The molecule has 15 heavy (non-hydrogen) atoms. The lowest BCUT2D eigenvalue weighted by Gasteiger charge is -1.99. The van der Waals surface area contributed by atoms with Gasteiger partial charge in [0.1, 0.15) is 0 Å². The molecule has 0 aliphatic heterocycles. The molecule has 0 unspecified atom stereocenters. The number of methoxy groups -OCH3 is 1. The van der Waals surface area contributed by atoms with Gasteiger partial charge in [-0.1, -0.05) is 44.1 Å². The average molecular weight is 210 g/mol. The standard InChI is InChI=1S/C13H22O2/c1-3-4-5-6-7-8-9-10-11-12-13(14)15-2/h3-5H,1,6-12H2,2H3/b5-4+. The first-order valence-electron chi connectivity index (χ1n) is 5.65. The van der Waals surface area contributed by atoms with E-state index in [4.69, 9.17) is 0 Å². The zero-order valence-electron chi connectivity index (χ0n) is 9.71. The van der Waals surface area contributed by atoms with Crippen molar-refractivity contribution in [1.29, 1.82) is 0 Å². The van der Waals surface area contributed by atoms with Crippen LogP contribution in [0.4, 0.5) is 0 Å². The quantitative estimate of drug-likeness (QED) is 0.330. The molecule has 0 saturated carbocycles. The van der Waals surface area contributed by atoms with Crippen LogP contribution in [0.15, 0.2) is 24.8 Å². The molecule has 0 saturated heterocycles. The topological polar surface area (TPSA) is 26.3 Å². The summed E-state index contributed by atoms with van der Waals surface area (Å²) in [4.78, 5) is 10.8. The molecule has 2 nitrogen and oxygen atoms in total. The van der Waals surface area contributed by atoms with Crippen LogP contribution in [0.2, 0.25) is 0 Å². The predicted octanol–water partition coefficient (Wildman–Crippen LogP) is 3.63. The third kappa shape index (κ3) is 10.9. The zero-order valence-corrected chi connectivity index (χ0v) is 9.71. The highest BCUT2D eigenvalue weighted by atomic mass is 16.5. The van der Waals surface area contributed by atoms with E-state index >= 15 is 0 Å². The molecule has 0 fully saturated rings. The molecule has 86 valence electrons. The van der Waals surface area contributed by atoms with E-state index in [1.54, 1.807) is 6.08 Å². The monoisotopic (exact) mass is 210 g/mol. The van der Waals surface area contributed by atoms with Crippen LogP contribution in [0.3, 0.4) is 0 Å². The Labute approximate surface area is 93.0 Å². The molecule has 0 amide bonds. The van der Waals surface area contributed by atoms with Gasteiger partial charge in [-0.15, -0.1) is 0 Å². The van der Waals surface area contributed by atoms with E-state index < -0.39 is 0 Å². The highest BCUT2D eigenvalue weighted by Gasteiger charge is 1.98. The maximum absolute atomic E-state index is 10.8. The molecule has 0 aliphatic carbocycles. The third-order valence-electron chi connectivity index (χ3n) is 2.25. The molecular formula is C13H22O2. The van der Waals surface area contributed by atoms with Gasteiger partial charge in [0.05, 0.1) is 7.11 Å². The lowest BCUT2D eigenvalue weighted by atomic mass is 10.1. The van der Waals surface area contributed by atoms with Gasteiger partial charge in [0.15, 0.2) is 0 Å². The summed E-state index contributed by atoms with van der Waals surface area (Å²) in [5, 5.41) is 0. The van der Waals surface area contributed by atoms with Crippen molar-refractivity contribution >= 4 is 5.97 Å². The van der Waals surface area contributed by atoms with Crippen LogP contribution in [-0.4, -0.2) is 13.1 Å². The Morgan fingerprint density at radius 2 is 1.87 bits per heavy atom. The Morgan fingerprint density at radius 1 is 1.20 bits per heavy atom. The van der Waals surface area contributed by atoms with Gasteiger partial charge < -0.3 is 4.74 Å². The largest absolute Gasteiger partial charge is 0.469 e. The van der Waals surface area contributed by atoms with Crippen molar-refractivity contribution in [1.82, 2.24) is 0 Å². The summed E-state index contributed by atoms with van der Waals surface area (Å²) in [6.45, 7) is 3.61. The molecule has 0 heterocycles. The van der Waals surface area contributed by atoms with E-state index in [0.29, 0.717) is 6.42 Å². The van der Waals surface area contributed by atoms with Gasteiger partial charge in [0.2, 0.25) is 0 Å². The summed E-state index contributed by atoms with van der Waals surface area (Å²) in [5.41, 5.74) is 0. The normalized spacial score (nSPS) is 10.5. The summed E-state index contributed by atoms with van der Waals surface area (Å²) in [7, 11) is 1.44. The first-order chi connectivity index (χ1) is 7.31. The maximum Gasteiger partial charge on any atom is 0.305 e. The second kappa shape index (κ2) is 11.0. The van der Waals surface area contributed by atoms with Crippen LogP contribution in [-0.2, 0) is 9.53 Å². The molecule has 0 atom stereocenters. The Hall–Kier alpha value is -1.05. The first kappa shape index (κ1) is 13.9. The van der Waals surface area contributed by atoms with Gasteiger partial charge >= 0.3 is 5.97 Å². The van der Waals surface area contributed by atoms with Gasteiger partial charge in [0.25, 0.3) is 0 Å². The number of allylic oxidation sites excluding steroid dienone is 3. The molecule has 0 aromatic carbocycles. The molecule has 2 heteroatoms. The van der Waals surface area contributed by atoms with Crippen molar-refractivity contribution in [2.24, 2.45) is 0 Å². The van der Waals surface area contributed by atoms with Gasteiger partial charge in [0, 0.05) is 6.42 Å². The van der Waals surface area contributed by atoms with E-state index in [2.05, 4.69) is 17.4 Å². The molecule has 0 spiro atoms. The maximum atomic E-state index is 10.8. The fraction of sp³-hybridized carbons (Fsp3) is 0.615. The van der Waals surface area contributed by atoms with Crippen LogP contribution < -0.4 is 0 Å². The van der Waals surface area contributed by atoms with Crippen LogP contribution in [0.1, 0.15) is 44.9 Å². The number of esters is 1. The number of hydrogen-bond acceptors (Lipinski definition) is 2. The highest BCUT2D eigenvalue weighted by Crippen LogP contribution is 2.07. The fourth-order valence-electron chi connectivity index (χ4n) is 1.36. The smallest absolute Gasteiger partial charge is 0.305 e. The summed E-state index contributed by atoms with van der Waals surface area (Å²) < 4.78 is 4.56. The zero-order chi connectivity index (χ0) is 11.4. The van der Waals surface area contributed by atoms with E-state index in [1.807, 2.05) is 6.08 Å². The van der Waals surface area contributed by atoms with Gasteiger partial charge in [-0.3, -0.25) is 4.79 Å². The average Bonchev–Trinajstić information content (AvgIpc) is 2.26. The third-order valence-corrected chi connectivity index (χ3v) is 2.25. The summed E-state index contributed by atoms with van der Waals surface area (Å²) in [6.07, 6.45) is 13.4. The minimum atomic E-state index is -0.0936. The van der Waals surface area contributed by atoms with Crippen LogP contribution >= 0.6 is 0 Å². The molecule has 0 aliphatic rings. The van der Waals surface area contributed by atoms with Gasteiger partial charge in [-0.25, -0.2) is 0 Å². The van der Waals surface area contributed by atoms with E-state index in [9.17, 15) is 4.79 Å². The molecule has 0 rings (SSSR count). The summed E-state index contributed by atoms with van der Waals surface area (Å²) in [5.74, 6) is -0.0936. The van der Waals surface area contributed by atoms with Gasteiger partial charge in [-0.05, 0) is 19.3 Å². The second-order valence-corrected chi connectivity index (χ2v) is 3.55. The van der Waals surface area contributed by atoms with Crippen LogP contribution in [0.5, 0.6) is 0 Å². The van der Waals surface area contributed by atoms with Crippen molar-refractivity contribution in [2.45, 2.75) is 44.9 Å². The van der Waals surface area contributed by atoms with Crippen molar-refractivity contribution in [3.63, 3.8) is 0 Å². The fourth-order valence-corrected chi connectivity index (χ4v) is 1.36. The summed E-state index contributed by atoms with van der Waals surface area (Å²) in [6, 6.07) is 0. The number of hydrogen-bond donors (Lipinski definition) is 0. The molecule has 0 aromatic heterocycles. The van der Waals surface area contributed by atoms with Crippen molar-refractivity contribution in [3.05, 3.63) is 24.8 Å². The molecular weight excluding hydrogens is 188 g/mol. The van der Waals surface area contributed by atoms with Crippen LogP contribution in [0.25, 0.3) is 0 Å². The number of carbonyl (C=O) groups excluding carboxylic acids is 1. The number of ether oxygens (including phenoxy) is 1. The Morgan fingerprint density at radius 3 is 2.53 bits per heavy atom. The number of unbranched alkanes of at least 4 members (excludes halogenated alkanes) is 5. The van der Waals surface area contributed by atoms with Crippen molar-refractivity contribution < 1.29 is 9.53 Å². The minimum Gasteiger partial charge on any atom is -0.469 e. The highest BCUT2D eigenvalue weighted by molar-refractivity contribution is 5.68. The van der Waals surface area contributed by atoms with Crippen molar-refractivity contribution in [2.75, 3.05) is 7.11 Å². The predicted molar refractivity (Wildman–Crippen MR) is 63.7 cm³/mol. The summed E-state index contributed by atoms with van der Waals surface area (Å²) >= 11 is 0. The van der Waals surface area contributed by atoms with E-state index in [0.717, 1.165) is 19.3 Å². The van der Waals surface area contributed by atoms with Crippen molar-refractivity contribution in [3.8, 4) is 0 Å². The van der Waals surface area contributed by atoms with Gasteiger partial charge in [-0.2, -0.15) is 0 Å². The lowest BCUT2D eigenvalue weighted by Crippen LogP contribution is -1.98. The second-order valence-electron chi connectivity index (χ2n) is 3.55. The first-order valence-corrected chi connectivity index (χ1v) is 5.65. The Balaban J connectivity index is 3.08. The Kier molecular flexibility index (Phi) is 10.3. The van der Waals surface area contributed by atoms with E-state index in [1.165, 1.54) is 26.4 Å². The minimum absolute atomic E-state index is 0.0936. The number of carbonyl (C=O) groups is 1. The molecule has 0 bridgehead atoms. The molecule has 0 N–H and O–H groups in total. The number of rotatable bonds is 9. The molecule has 0 aromatic rings.